The first kappa shape index (κ1) is 15.2. The summed E-state index contributed by atoms with van der Waals surface area (Å²) in [6.07, 6.45) is 1.42. The van der Waals surface area contributed by atoms with E-state index in [-0.39, 0.29) is 18.2 Å². The molecular formula is C15H21NO3. The Balaban J connectivity index is 2.81. The summed E-state index contributed by atoms with van der Waals surface area (Å²) in [5.74, 6) is -1.04. The zero-order valence-electron chi connectivity index (χ0n) is 11.4. The van der Waals surface area contributed by atoms with E-state index in [4.69, 9.17) is 5.11 Å². The fourth-order valence-electron chi connectivity index (χ4n) is 2.06. The van der Waals surface area contributed by atoms with E-state index in [0.717, 1.165) is 18.4 Å². The number of carboxylic acids is 1. The Morgan fingerprint density at radius 1 is 1.16 bits per heavy atom. The third-order valence-corrected chi connectivity index (χ3v) is 3.25. The van der Waals surface area contributed by atoms with Crippen molar-refractivity contribution in [2.45, 2.75) is 39.2 Å². The molecule has 0 aliphatic rings. The van der Waals surface area contributed by atoms with Crippen LogP contribution in [0, 0.1) is 5.92 Å². The molecule has 0 spiro atoms. The van der Waals surface area contributed by atoms with Gasteiger partial charge in [-0.05, 0) is 18.4 Å². The Bertz CT molecular complexity index is 413. The molecule has 1 unspecified atom stereocenters. The van der Waals surface area contributed by atoms with Gasteiger partial charge in [-0.2, -0.15) is 0 Å². The van der Waals surface area contributed by atoms with E-state index < -0.39 is 12.0 Å². The van der Waals surface area contributed by atoms with Crippen molar-refractivity contribution in [2.75, 3.05) is 0 Å². The van der Waals surface area contributed by atoms with Crippen molar-refractivity contribution in [3.05, 3.63) is 35.9 Å². The number of amides is 1. The molecule has 1 amide bonds. The number of benzene rings is 1. The van der Waals surface area contributed by atoms with Crippen LogP contribution in [-0.2, 0) is 9.59 Å². The van der Waals surface area contributed by atoms with Crippen LogP contribution in [0.1, 0.15) is 44.7 Å². The van der Waals surface area contributed by atoms with Crippen LogP contribution >= 0.6 is 0 Å². The Morgan fingerprint density at radius 2 is 1.74 bits per heavy atom. The lowest BCUT2D eigenvalue weighted by Gasteiger charge is -2.20. The van der Waals surface area contributed by atoms with Gasteiger partial charge in [0, 0.05) is 5.92 Å². The van der Waals surface area contributed by atoms with E-state index in [0.29, 0.717) is 0 Å². The van der Waals surface area contributed by atoms with Gasteiger partial charge in [0.1, 0.15) is 0 Å². The van der Waals surface area contributed by atoms with E-state index in [1.54, 1.807) is 0 Å². The SMILES string of the molecule is CCC(CC)C(=O)NC(CC(=O)O)c1ccccc1. The molecule has 1 aromatic carbocycles. The highest BCUT2D eigenvalue weighted by molar-refractivity contribution is 5.80. The number of carbonyl (C=O) groups excluding carboxylic acids is 1. The smallest absolute Gasteiger partial charge is 0.305 e. The van der Waals surface area contributed by atoms with E-state index in [1.807, 2.05) is 44.2 Å². The van der Waals surface area contributed by atoms with Crippen molar-refractivity contribution in [1.82, 2.24) is 5.32 Å². The van der Waals surface area contributed by atoms with Gasteiger partial charge in [0.15, 0.2) is 0 Å². The maximum absolute atomic E-state index is 12.1. The van der Waals surface area contributed by atoms with Crippen LogP contribution in [0.5, 0.6) is 0 Å². The summed E-state index contributed by atoms with van der Waals surface area (Å²) >= 11 is 0. The molecule has 0 aliphatic heterocycles. The normalized spacial score (nSPS) is 12.2. The van der Waals surface area contributed by atoms with Gasteiger partial charge in [0.25, 0.3) is 0 Å². The van der Waals surface area contributed by atoms with Crippen LogP contribution in [0.4, 0.5) is 0 Å². The van der Waals surface area contributed by atoms with Gasteiger partial charge in [0.05, 0.1) is 12.5 Å². The second-order valence-corrected chi connectivity index (χ2v) is 4.58. The summed E-state index contributed by atoms with van der Waals surface area (Å²) in [4.78, 5) is 23.0. The van der Waals surface area contributed by atoms with Crippen molar-refractivity contribution in [1.29, 1.82) is 0 Å². The van der Waals surface area contributed by atoms with E-state index in [2.05, 4.69) is 5.32 Å². The highest BCUT2D eigenvalue weighted by atomic mass is 16.4. The average molecular weight is 263 g/mol. The number of aliphatic carboxylic acids is 1. The van der Waals surface area contributed by atoms with Gasteiger partial charge in [-0.15, -0.1) is 0 Å². The first-order chi connectivity index (χ1) is 9.08. The van der Waals surface area contributed by atoms with Crippen molar-refractivity contribution in [3.63, 3.8) is 0 Å². The largest absolute Gasteiger partial charge is 0.481 e. The summed E-state index contributed by atoms with van der Waals surface area (Å²) in [5, 5.41) is 11.8. The number of nitrogens with one attached hydrogen (secondary N) is 1. The third-order valence-electron chi connectivity index (χ3n) is 3.25. The summed E-state index contributed by atoms with van der Waals surface area (Å²) in [7, 11) is 0. The van der Waals surface area contributed by atoms with Gasteiger partial charge < -0.3 is 10.4 Å². The molecule has 1 aromatic rings. The molecule has 0 heterocycles. The highest BCUT2D eigenvalue weighted by Crippen LogP contribution is 2.18. The summed E-state index contributed by atoms with van der Waals surface area (Å²) < 4.78 is 0. The second kappa shape index (κ2) is 7.56. The number of carbonyl (C=O) groups is 2. The molecule has 4 nitrogen and oxygen atoms in total. The van der Waals surface area contributed by atoms with Gasteiger partial charge in [-0.25, -0.2) is 0 Å². The third kappa shape index (κ3) is 4.73. The van der Waals surface area contributed by atoms with Crippen LogP contribution in [0.3, 0.4) is 0 Å². The monoisotopic (exact) mass is 263 g/mol. The lowest BCUT2D eigenvalue weighted by molar-refractivity contribution is -0.138. The molecule has 0 radical (unpaired) electrons. The predicted molar refractivity (Wildman–Crippen MR) is 73.7 cm³/mol. The van der Waals surface area contributed by atoms with Crippen LogP contribution in [0.25, 0.3) is 0 Å². The molecule has 104 valence electrons. The minimum Gasteiger partial charge on any atom is -0.481 e. The number of hydrogen-bond donors (Lipinski definition) is 2. The van der Waals surface area contributed by atoms with E-state index in [9.17, 15) is 9.59 Å². The summed E-state index contributed by atoms with van der Waals surface area (Å²) in [6.45, 7) is 3.92. The fraction of sp³-hybridized carbons (Fsp3) is 0.467. The van der Waals surface area contributed by atoms with Gasteiger partial charge in [-0.1, -0.05) is 44.2 Å². The quantitative estimate of drug-likeness (QED) is 0.795. The molecule has 1 atom stereocenters. The lowest BCUT2D eigenvalue weighted by atomic mass is 9.99. The van der Waals surface area contributed by atoms with Gasteiger partial charge >= 0.3 is 5.97 Å². The molecule has 4 heteroatoms. The maximum Gasteiger partial charge on any atom is 0.305 e. The zero-order chi connectivity index (χ0) is 14.3. The highest BCUT2D eigenvalue weighted by Gasteiger charge is 2.21. The number of hydrogen-bond acceptors (Lipinski definition) is 2. The molecule has 0 saturated heterocycles. The van der Waals surface area contributed by atoms with E-state index in [1.165, 1.54) is 0 Å². The molecule has 0 aromatic heterocycles. The Morgan fingerprint density at radius 3 is 2.21 bits per heavy atom. The Hall–Kier alpha value is -1.84. The maximum atomic E-state index is 12.1. The Labute approximate surface area is 113 Å². The lowest BCUT2D eigenvalue weighted by Crippen LogP contribution is -2.34. The van der Waals surface area contributed by atoms with Gasteiger partial charge in [-0.3, -0.25) is 9.59 Å². The van der Waals surface area contributed by atoms with Gasteiger partial charge in [0.2, 0.25) is 5.91 Å². The number of carboxylic acid groups (broad SMARTS) is 1. The zero-order valence-corrected chi connectivity index (χ0v) is 11.4. The topological polar surface area (TPSA) is 66.4 Å². The first-order valence-electron chi connectivity index (χ1n) is 6.65. The Kier molecular flexibility index (Phi) is 6.06. The van der Waals surface area contributed by atoms with Crippen LogP contribution < -0.4 is 5.32 Å². The van der Waals surface area contributed by atoms with Crippen molar-refractivity contribution < 1.29 is 14.7 Å². The van der Waals surface area contributed by atoms with Crippen LogP contribution in [0.15, 0.2) is 30.3 Å². The van der Waals surface area contributed by atoms with Crippen molar-refractivity contribution in [3.8, 4) is 0 Å². The van der Waals surface area contributed by atoms with E-state index >= 15 is 0 Å². The molecule has 0 bridgehead atoms. The van der Waals surface area contributed by atoms with Crippen molar-refractivity contribution in [2.24, 2.45) is 5.92 Å². The van der Waals surface area contributed by atoms with Crippen LogP contribution in [-0.4, -0.2) is 17.0 Å². The molecule has 0 aliphatic carbocycles. The van der Waals surface area contributed by atoms with Crippen molar-refractivity contribution >= 4 is 11.9 Å². The minimum absolute atomic E-state index is 0.0555. The molecule has 2 N–H and O–H groups in total. The molecule has 19 heavy (non-hydrogen) atoms. The molecule has 1 rings (SSSR count). The van der Waals surface area contributed by atoms with Crippen LogP contribution in [0.2, 0.25) is 0 Å². The second-order valence-electron chi connectivity index (χ2n) is 4.58. The molecule has 0 saturated carbocycles. The first-order valence-corrected chi connectivity index (χ1v) is 6.65. The average Bonchev–Trinajstić information content (AvgIpc) is 2.40. The fourth-order valence-corrected chi connectivity index (χ4v) is 2.06. The molecule has 0 fully saturated rings. The standard InChI is InChI=1S/C15H21NO3/c1-3-11(4-2)15(19)16-13(10-14(17)18)12-8-6-5-7-9-12/h5-9,11,13H,3-4,10H2,1-2H3,(H,16,19)(H,17,18). The predicted octanol–water partition coefficient (Wildman–Crippen LogP) is 2.75. The summed E-state index contributed by atoms with van der Waals surface area (Å²) in [6, 6.07) is 8.75. The summed E-state index contributed by atoms with van der Waals surface area (Å²) in [5.41, 5.74) is 0.823. The molecular weight excluding hydrogens is 242 g/mol. The minimum atomic E-state index is -0.918. The number of rotatable bonds is 7.